The number of rotatable bonds is 7. The van der Waals surface area contributed by atoms with Crippen LogP contribution in [0.15, 0.2) is 40.2 Å². The molecule has 0 amide bonds. The van der Waals surface area contributed by atoms with Crippen LogP contribution < -0.4 is 0 Å². The predicted molar refractivity (Wildman–Crippen MR) is 99.7 cm³/mol. The summed E-state index contributed by atoms with van der Waals surface area (Å²) >= 11 is 1.52. The number of hydrogen-bond donors (Lipinski definition) is 0. The number of ether oxygens (including phenoxy) is 1. The zero-order chi connectivity index (χ0) is 18.6. The Balaban J connectivity index is 1.25. The van der Waals surface area contributed by atoms with Crippen LogP contribution in [0.1, 0.15) is 40.2 Å². The largest absolute Gasteiger partial charge is 0.457 e. The van der Waals surface area contributed by atoms with Crippen molar-refractivity contribution < 1.29 is 18.8 Å². The first kappa shape index (κ1) is 17.6. The van der Waals surface area contributed by atoms with Gasteiger partial charge in [-0.25, -0.2) is 0 Å². The second-order valence-corrected chi connectivity index (χ2v) is 7.36. The molecule has 0 fully saturated rings. The highest BCUT2D eigenvalue weighted by Gasteiger charge is 2.16. The molecule has 7 heteroatoms. The summed E-state index contributed by atoms with van der Waals surface area (Å²) in [5.74, 6) is 0.247. The van der Waals surface area contributed by atoms with Crippen molar-refractivity contribution in [2.75, 3.05) is 6.61 Å². The summed E-state index contributed by atoms with van der Waals surface area (Å²) in [5.41, 5.74) is 3.14. The maximum Gasteiger partial charge on any atom is 0.306 e. The van der Waals surface area contributed by atoms with Crippen molar-refractivity contribution in [3.05, 3.63) is 58.3 Å². The fraction of sp³-hybridized carbons (Fsp3) is 0.300. The number of thiophene rings is 1. The Bertz CT molecular complexity index is 962. The number of ketones is 1. The summed E-state index contributed by atoms with van der Waals surface area (Å²) in [6.07, 6.45) is 3.58. The van der Waals surface area contributed by atoms with Crippen LogP contribution in [0.4, 0.5) is 0 Å². The molecular formula is C20H18N2O4S. The molecule has 2 aromatic heterocycles. The highest BCUT2D eigenvalue weighted by atomic mass is 32.1. The number of nitrogens with zero attached hydrogens (tertiary/aromatic N) is 2. The smallest absolute Gasteiger partial charge is 0.306 e. The molecule has 0 saturated heterocycles. The number of Topliss-reactive ketones (excluding diaryl/α,β-unsaturated/α-hetero) is 1. The molecule has 0 unspecified atom stereocenters. The second-order valence-electron chi connectivity index (χ2n) is 6.41. The number of fused-ring (bicyclic) bond motifs is 1. The molecule has 0 saturated carbocycles. The van der Waals surface area contributed by atoms with E-state index in [-0.39, 0.29) is 25.2 Å². The van der Waals surface area contributed by atoms with E-state index in [2.05, 4.69) is 10.1 Å². The Morgan fingerprint density at radius 3 is 2.93 bits per heavy atom. The van der Waals surface area contributed by atoms with E-state index in [1.807, 2.05) is 35.7 Å². The summed E-state index contributed by atoms with van der Waals surface area (Å²) in [4.78, 5) is 29.3. The summed E-state index contributed by atoms with van der Waals surface area (Å²) in [5, 5.41) is 5.83. The monoisotopic (exact) mass is 382 g/mol. The third kappa shape index (κ3) is 4.14. The Kier molecular flexibility index (Phi) is 5.11. The maximum atomic E-state index is 12.2. The molecule has 0 bridgehead atoms. The summed E-state index contributed by atoms with van der Waals surface area (Å²) in [6, 6.07) is 9.54. The van der Waals surface area contributed by atoms with Crippen LogP contribution >= 0.6 is 11.3 Å². The fourth-order valence-corrected chi connectivity index (χ4v) is 3.77. The van der Waals surface area contributed by atoms with E-state index >= 15 is 0 Å². The molecule has 6 nitrogen and oxygen atoms in total. The fourth-order valence-electron chi connectivity index (χ4n) is 3.12. The van der Waals surface area contributed by atoms with E-state index < -0.39 is 5.97 Å². The van der Waals surface area contributed by atoms with Gasteiger partial charge < -0.3 is 9.26 Å². The van der Waals surface area contributed by atoms with Gasteiger partial charge in [0.05, 0.1) is 11.3 Å². The number of aromatic nitrogens is 2. The Labute approximate surface area is 160 Å². The van der Waals surface area contributed by atoms with Gasteiger partial charge in [-0.15, -0.1) is 11.3 Å². The number of esters is 1. The van der Waals surface area contributed by atoms with Gasteiger partial charge in [0.1, 0.15) is 0 Å². The minimum Gasteiger partial charge on any atom is -0.457 e. The zero-order valence-corrected chi connectivity index (χ0v) is 15.5. The van der Waals surface area contributed by atoms with Gasteiger partial charge in [-0.1, -0.05) is 23.4 Å². The maximum absolute atomic E-state index is 12.2. The lowest BCUT2D eigenvalue weighted by Crippen LogP contribution is -2.14. The molecule has 0 aliphatic heterocycles. The van der Waals surface area contributed by atoms with Crippen LogP contribution in [0.3, 0.4) is 0 Å². The van der Waals surface area contributed by atoms with E-state index in [0.717, 1.165) is 24.1 Å². The molecule has 1 aliphatic carbocycles. The average molecular weight is 382 g/mol. The quantitative estimate of drug-likeness (QED) is 0.458. The molecule has 27 heavy (non-hydrogen) atoms. The number of hydrogen-bond acceptors (Lipinski definition) is 7. The Morgan fingerprint density at radius 2 is 2.07 bits per heavy atom. The van der Waals surface area contributed by atoms with E-state index in [1.165, 1.54) is 22.5 Å². The lowest BCUT2D eigenvalue weighted by atomic mass is 10.0. The highest BCUT2D eigenvalue weighted by Crippen LogP contribution is 2.23. The van der Waals surface area contributed by atoms with Gasteiger partial charge in [0.2, 0.25) is 11.7 Å². The van der Waals surface area contributed by atoms with Crippen LogP contribution in [-0.2, 0) is 28.8 Å². The first-order chi connectivity index (χ1) is 13.2. The molecule has 3 aromatic rings. The van der Waals surface area contributed by atoms with Crippen LogP contribution in [0.25, 0.3) is 10.7 Å². The van der Waals surface area contributed by atoms with Gasteiger partial charge in [0.25, 0.3) is 0 Å². The van der Waals surface area contributed by atoms with Crippen molar-refractivity contribution in [2.24, 2.45) is 0 Å². The number of benzene rings is 1. The molecule has 0 N–H and O–H groups in total. The van der Waals surface area contributed by atoms with Crippen molar-refractivity contribution in [3.63, 3.8) is 0 Å². The lowest BCUT2D eigenvalue weighted by molar-refractivity contribution is -0.142. The number of carbonyl (C=O) groups is 2. The van der Waals surface area contributed by atoms with Crippen molar-refractivity contribution in [1.82, 2.24) is 10.1 Å². The van der Waals surface area contributed by atoms with Gasteiger partial charge >= 0.3 is 5.97 Å². The Hall–Kier alpha value is -2.80. The second kappa shape index (κ2) is 7.84. The SMILES string of the molecule is O=C(CCc1nc(-c2cccs2)no1)OCC(=O)c1ccc2c(c1)CCC2. The standard InChI is InChI=1S/C20H18N2O4S/c23-16(15-7-6-13-3-1-4-14(13)11-15)12-25-19(24)9-8-18-21-20(22-26-18)17-5-2-10-27-17/h2,5-7,10-11H,1,3-4,8-9,12H2. The molecule has 138 valence electrons. The molecule has 4 rings (SSSR count). The van der Waals surface area contributed by atoms with E-state index in [9.17, 15) is 9.59 Å². The van der Waals surface area contributed by atoms with Gasteiger partial charge in [-0.2, -0.15) is 4.98 Å². The molecule has 1 aliphatic rings. The number of aryl methyl sites for hydroxylation is 3. The molecular weight excluding hydrogens is 364 g/mol. The van der Waals surface area contributed by atoms with Crippen molar-refractivity contribution in [1.29, 1.82) is 0 Å². The summed E-state index contributed by atoms with van der Waals surface area (Å²) in [7, 11) is 0. The van der Waals surface area contributed by atoms with Crippen LogP contribution in [0, 0.1) is 0 Å². The topological polar surface area (TPSA) is 82.3 Å². The van der Waals surface area contributed by atoms with Crippen molar-refractivity contribution in [3.8, 4) is 10.7 Å². The molecule has 0 atom stereocenters. The van der Waals surface area contributed by atoms with E-state index in [4.69, 9.17) is 9.26 Å². The summed E-state index contributed by atoms with van der Waals surface area (Å²) < 4.78 is 10.2. The van der Waals surface area contributed by atoms with Crippen LogP contribution in [-0.4, -0.2) is 28.5 Å². The zero-order valence-electron chi connectivity index (χ0n) is 14.6. The number of carbonyl (C=O) groups excluding carboxylic acids is 2. The minimum absolute atomic E-state index is 0.0868. The van der Waals surface area contributed by atoms with Crippen LogP contribution in [0.2, 0.25) is 0 Å². The average Bonchev–Trinajstić information content (AvgIpc) is 3.44. The molecule has 0 spiro atoms. The van der Waals surface area contributed by atoms with Crippen molar-refractivity contribution >= 4 is 23.1 Å². The lowest BCUT2D eigenvalue weighted by Gasteiger charge is -2.05. The van der Waals surface area contributed by atoms with E-state index in [0.29, 0.717) is 17.3 Å². The third-order valence-electron chi connectivity index (χ3n) is 4.54. The molecule has 0 radical (unpaired) electrons. The van der Waals surface area contributed by atoms with E-state index in [1.54, 1.807) is 0 Å². The van der Waals surface area contributed by atoms with Gasteiger partial charge in [0.15, 0.2) is 12.4 Å². The first-order valence-electron chi connectivity index (χ1n) is 8.86. The predicted octanol–water partition coefficient (Wildman–Crippen LogP) is 3.65. The normalized spacial score (nSPS) is 12.7. The Morgan fingerprint density at radius 1 is 1.19 bits per heavy atom. The van der Waals surface area contributed by atoms with Gasteiger partial charge in [-0.3, -0.25) is 9.59 Å². The minimum atomic E-state index is -0.458. The third-order valence-corrected chi connectivity index (χ3v) is 5.40. The summed E-state index contributed by atoms with van der Waals surface area (Å²) in [6.45, 7) is -0.248. The molecule has 1 aromatic carbocycles. The highest BCUT2D eigenvalue weighted by molar-refractivity contribution is 7.13. The molecule has 2 heterocycles. The van der Waals surface area contributed by atoms with Crippen LogP contribution in [0.5, 0.6) is 0 Å². The van der Waals surface area contributed by atoms with Crippen molar-refractivity contribution in [2.45, 2.75) is 32.1 Å². The first-order valence-corrected chi connectivity index (χ1v) is 9.74. The van der Waals surface area contributed by atoms with Gasteiger partial charge in [-0.05, 0) is 47.9 Å². The van der Waals surface area contributed by atoms with Gasteiger partial charge in [0, 0.05) is 12.0 Å².